The molecule has 0 N–H and O–H groups in total. The summed E-state index contributed by atoms with van der Waals surface area (Å²) >= 11 is 0. The van der Waals surface area contributed by atoms with Crippen molar-refractivity contribution in [1.82, 2.24) is 0 Å². The summed E-state index contributed by atoms with van der Waals surface area (Å²) in [5.74, 6) is 1.45. The molecule has 3 nitrogen and oxygen atoms in total. The molecule has 0 radical (unpaired) electrons. The summed E-state index contributed by atoms with van der Waals surface area (Å²) in [5.41, 5.74) is 0.844. The van der Waals surface area contributed by atoms with E-state index in [-0.39, 0.29) is 0 Å². The van der Waals surface area contributed by atoms with Gasteiger partial charge < -0.3 is 14.3 Å². The average Bonchev–Trinajstić information content (AvgIpc) is 2.43. The van der Waals surface area contributed by atoms with E-state index < -0.39 is 0 Å². The smallest absolute Gasteiger partial charge is 0.124 e. The summed E-state index contributed by atoms with van der Waals surface area (Å²) < 4.78 is 10.1. The maximum absolute atomic E-state index is 10.3. The standard InChI is InChI=1S/C10H12O3.2C2H6/c1-12-9-3-4-10(13-2)8(7-9)5-6-11;2*1-2/h3-4,6-7H,5H2,1-2H3;2*1-2H3. The van der Waals surface area contributed by atoms with Crippen LogP contribution in [0.3, 0.4) is 0 Å². The van der Waals surface area contributed by atoms with Crippen LogP contribution in [-0.4, -0.2) is 20.5 Å². The fourth-order valence-electron chi connectivity index (χ4n) is 1.13. The molecule has 1 rings (SSSR count). The van der Waals surface area contributed by atoms with E-state index in [9.17, 15) is 4.79 Å². The van der Waals surface area contributed by atoms with Crippen molar-refractivity contribution in [1.29, 1.82) is 0 Å². The minimum Gasteiger partial charge on any atom is -0.497 e. The van der Waals surface area contributed by atoms with E-state index in [1.54, 1.807) is 32.4 Å². The average molecular weight is 240 g/mol. The van der Waals surface area contributed by atoms with Gasteiger partial charge in [-0.25, -0.2) is 0 Å². The molecule has 0 aromatic heterocycles. The van der Waals surface area contributed by atoms with Crippen molar-refractivity contribution < 1.29 is 14.3 Å². The van der Waals surface area contributed by atoms with Gasteiger partial charge in [-0.3, -0.25) is 0 Å². The van der Waals surface area contributed by atoms with Gasteiger partial charge in [0, 0.05) is 12.0 Å². The lowest BCUT2D eigenvalue weighted by Gasteiger charge is -2.07. The van der Waals surface area contributed by atoms with Gasteiger partial charge in [-0.05, 0) is 18.2 Å². The summed E-state index contributed by atoms with van der Waals surface area (Å²) in [7, 11) is 3.17. The third-order valence-corrected chi connectivity index (χ3v) is 1.79. The highest BCUT2D eigenvalue weighted by Gasteiger charge is 2.03. The third-order valence-electron chi connectivity index (χ3n) is 1.79. The van der Waals surface area contributed by atoms with Crippen LogP contribution < -0.4 is 9.47 Å². The number of hydrogen-bond acceptors (Lipinski definition) is 3. The van der Waals surface area contributed by atoms with Gasteiger partial charge in [-0.15, -0.1) is 0 Å². The van der Waals surface area contributed by atoms with Gasteiger partial charge in [0.1, 0.15) is 17.8 Å². The fraction of sp³-hybridized carbons (Fsp3) is 0.500. The lowest BCUT2D eigenvalue weighted by atomic mass is 10.1. The molecule has 0 amide bonds. The molecule has 0 saturated heterocycles. The number of ether oxygens (including phenoxy) is 2. The van der Waals surface area contributed by atoms with Crippen molar-refractivity contribution in [3.63, 3.8) is 0 Å². The number of aldehydes is 1. The van der Waals surface area contributed by atoms with Crippen LogP contribution in [0.25, 0.3) is 0 Å². The summed E-state index contributed by atoms with van der Waals surface area (Å²) in [6, 6.07) is 5.39. The van der Waals surface area contributed by atoms with Crippen molar-refractivity contribution in [2.75, 3.05) is 14.2 Å². The van der Waals surface area contributed by atoms with E-state index in [1.807, 2.05) is 27.7 Å². The molecule has 0 bridgehead atoms. The molecule has 0 unspecified atom stereocenters. The van der Waals surface area contributed by atoms with Crippen LogP contribution in [0.15, 0.2) is 18.2 Å². The van der Waals surface area contributed by atoms with Crippen molar-refractivity contribution in [3.05, 3.63) is 23.8 Å². The van der Waals surface area contributed by atoms with Gasteiger partial charge in [-0.1, -0.05) is 27.7 Å². The van der Waals surface area contributed by atoms with Crippen molar-refractivity contribution >= 4 is 6.29 Å². The van der Waals surface area contributed by atoms with E-state index in [4.69, 9.17) is 9.47 Å². The number of carbonyl (C=O) groups excluding carboxylic acids is 1. The van der Waals surface area contributed by atoms with E-state index >= 15 is 0 Å². The Bertz CT molecular complexity index is 296. The molecule has 1 aromatic carbocycles. The van der Waals surface area contributed by atoms with E-state index in [0.29, 0.717) is 12.2 Å². The minimum atomic E-state index is 0.348. The predicted molar refractivity (Wildman–Crippen MR) is 72.0 cm³/mol. The van der Waals surface area contributed by atoms with Crippen molar-refractivity contribution in [2.24, 2.45) is 0 Å². The zero-order valence-corrected chi connectivity index (χ0v) is 11.7. The van der Waals surface area contributed by atoms with Gasteiger partial charge in [-0.2, -0.15) is 0 Å². The van der Waals surface area contributed by atoms with Gasteiger partial charge in [0.25, 0.3) is 0 Å². The number of benzene rings is 1. The quantitative estimate of drug-likeness (QED) is 0.756. The molecule has 3 heteroatoms. The molecule has 0 spiro atoms. The Hall–Kier alpha value is -1.51. The highest BCUT2D eigenvalue weighted by atomic mass is 16.5. The lowest BCUT2D eigenvalue weighted by Crippen LogP contribution is -1.94. The van der Waals surface area contributed by atoms with Crippen LogP contribution in [0.4, 0.5) is 0 Å². The third kappa shape index (κ3) is 6.61. The van der Waals surface area contributed by atoms with Crippen molar-refractivity contribution in [2.45, 2.75) is 34.1 Å². The maximum atomic E-state index is 10.3. The molecular formula is C14H24O3. The normalized spacial score (nSPS) is 7.88. The first kappa shape index (κ1) is 17.9. The van der Waals surface area contributed by atoms with Crippen LogP contribution in [0.1, 0.15) is 33.3 Å². The van der Waals surface area contributed by atoms with E-state index in [1.165, 1.54) is 0 Å². The molecule has 0 fully saturated rings. The zero-order valence-electron chi connectivity index (χ0n) is 11.7. The van der Waals surface area contributed by atoms with E-state index in [0.717, 1.165) is 17.6 Å². The predicted octanol–water partition coefficient (Wildman–Crippen LogP) is 3.50. The molecule has 17 heavy (non-hydrogen) atoms. The molecule has 0 atom stereocenters. The molecule has 0 saturated carbocycles. The Kier molecular flexibility index (Phi) is 13.2. The first-order valence-corrected chi connectivity index (χ1v) is 5.96. The highest BCUT2D eigenvalue weighted by Crippen LogP contribution is 2.23. The molecule has 98 valence electrons. The number of methoxy groups -OCH3 is 2. The molecule has 1 aromatic rings. The lowest BCUT2D eigenvalue weighted by molar-refractivity contribution is -0.107. The van der Waals surface area contributed by atoms with Crippen LogP contribution in [0, 0.1) is 0 Å². The minimum absolute atomic E-state index is 0.348. The van der Waals surface area contributed by atoms with Crippen LogP contribution >= 0.6 is 0 Å². The largest absolute Gasteiger partial charge is 0.497 e. The molecule has 0 aliphatic carbocycles. The highest BCUT2D eigenvalue weighted by molar-refractivity contribution is 5.58. The molecular weight excluding hydrogens is 216 g/mol. The topological polar surface area (TPSA) is 35.5 Å². The van der Waals surface area contributed by atoms with Gasteiger partial charge in [0.2, 0.25) is 0 Å². The first-order valence-electron chi connectivity index (χ1n) is 5.96. The Morgan fingerprint density at radius 2 is 1.65 bits per heavy atom. The molecule has 0 aliphatic rings. The van der Waals surface area contributed by atoms with Gasteiger partial charge >= 0.3 is 0 Å². The molecule has 0 aliphatic heterocycles. The zero-order chi connectivity index (χ0) is 13.7. The van der Waals surface area contributed by atoms with Crippen molar-refractivity contribution in [3.8, 4) is 11.5 Å². The second-order valence-corrected chi connectivity index (χ2v) is 2.55. The Morgan fingerprint density at radius 3 is 2.06 bits per heavy atom. The molecule has 0 heterocycles. The number of carbonyl (C=O) groups is 1. The summed E-state index contributed by atoms with van der Waals surface area (Å²) in [5, 5.41) is 0. The van der Waals surface area contributed by atoms with Crippen LogP contribution in [-0.2, 0) is 11.2 Å². The Morgan fingerprint density at radius 1 is 1.06 bits per heavy atom. The number of hydrogen-bond donors (Lipinski definition) is 0. The van der Waals surface area contributed by atoms with Crippen LogP contribution in [0.5, 0.6) is 11.5 Å². The summed E-state index contributed by atoms with van der Waals surface area (Å²) in [4.78, 5) is 10.3. The second-order valence-electron chi connectivity index (χ2n) is 2.55. The maximum Gasteiger partial charge on any atom is 0.124 e. The summed E-state index contributed by atoms with van der Waals surface area (Å²) in [6.07, 6.45) is 1.19. The fourth-order valence-corrected chi connectivity index (χ4v) is 1.13. The summed E-state index contributed by atoms with van der Waals surface area (Å²) in [6.45, 7) is 8.00. The van der Waals surface area contributed by atoms with Gasteiger partial charge in [0.15, 0.2) is 0 Å². The SMILES string of the molecule is CC.CC.COc1ccc(OC)c(CC=O)c1. The number of rotatable bonds is 4. The van der Waals surface area contributed by atoms with E-state index in [2.05, 4.69) is 0 Å². The second kappa shape index (κ2) is 12.6. The van der Waals surface area contributed by atoms with Crippen LogP contribution in [0.2, 0.25) is 0 Å². The van der Waals surface area contributed by atoms with Gasteiger partial charge in [0.05, 0.1) is 14.2 Å². The Balaban J connectivity index is 0. The monoisotopic (exact) mass is 240 g/mol. The Labute approximate surface area is 105 Å². The first-order chi connectivity index (χ1) is 8.31.